The normalized spacial score (nSPS) is 37.2. The molecular weight excluding hydrogens is 186 g/mol. The Balaban J connectivity index is 1.56. The van der Waals surface area contributed by atoms with E-state index in [2.05, 4.69) is 4.90 Å². The van der Waals surface area contributed by atoms with Crippen LogP contribution in [0.5, 0.6) is 0 Å². The van der Waals surface area contributed by atoms with Crippen LogP contribution in [0.2, 0.25) is 0 Å². The second kappa shape index (κ2) is 4.06. The molecule has 3 aliphatic rings. The van der Waals surface area contributed by atoms with Crippen LogP contribution < -0.4 is 0 Å². The minimum atomic E-state index is 0.00299. The number of aliphatic hydroxyl groups is 1. The molecule has 0 unspecified atom stereocenters. The van der Waals surface area contributed by atoms with Gasteiger partial charge in [0.05, 0.1) is 6.10 Å². The molecule has 3 rings (SSSR count). The third kappa shape index (κ3) is 2.54. The van der Waals surface area contributed by atoms with Gasteiger partial charge in [0, 0.05) is 18.6 Å². The summed E-state index contributed by atoms with van der Waals surface area (Å²) in [5, 5.41) is 9.54. The van der Waals surface area contributed by atoms with Crippen molar-refractivity contribution < 1.29 is 5.11 Å². The molecule has 0 heterocycles. The van der Waals surface area contributed by atoms with Gasteiger partial charge in [0.25, 0.3) is 0 Å². The van der Waals surface area contributed by atoms with Crippen LogP contribution in [-0.2, 0) is 0 Å². The van der Waals surface area contributed by atoms with Crippen LogP contribution in [0.25, 0.3) is 0 Å². The highest BCUT2D eigenvalue weighted by molar-refractivity contribution is 4.93. The van der Waals surface area contributed by atoms with Gasteiger partial charge >= 0.3 is 0 Å². The van der Waals surface area contributed by atoms with Crippen LogP contribution in [0, 0.1) is 5.92 Å². The second-order valence-electron chi connectivity index (χ2n) is 5.83. The Morgan fingerprint density at radius 1 is 0.800 bits per heavy atom. The molecule has 3 fully saturated rings. The van der Waals surface area contributed by atoms with Crippen molar-refractivity contribution in [1.29, 1.82) is 0 Å². The van der Waals surface area contributed by atoms with Gasteiger partial charge in [-0.1, -0.05) is 0 Å². The fourth-order valence-corrected chi connectivity index (χ4v) is 2.99. The van der Waals surface area contributed by atoms with E-state index in [9.17, 15) is 5.11 Å². The molecule has 0 aliphatic heterocycles. The molecule has 3 aliphatic carbocycles. The van der Waals surface area contributed by atoms with Crippen molar-refractivity contribution in [2.75, 3.05) is 6.54 Å². The number of hydrogen-bond acceptors (Lipinski definition) is 2. The highest BCUT2D eigenvalue weighted by Crippen LogP contribution is 2.38. The highest BCUT2D eigenvalue weighted by Gasteiger charge is 2.38. The lowest BCUT2D eigenvalue weighted by Crippen LogP contribution is -2.41. The van der Waals surface area contributed by atoms with Crippen molar-refractivity contribution in [3.8, 4) is 0 Å². The van der Waals surface area contributed by atoms with Gasteiger partial charge in [-0.25, -0.2) is 0 Å². The third-order valence-electron chi connectivity index (χ3n) is 4.32. The van der Waals surface area contributed by atoms with E-state index in [1.807, 2.05) is 0 Å². The van der Waals surface area contributed by atoms with Crippen molar-refractivity contribution in [2.24, 2.45) is 5.92 Å². The molecule has 0 radical (unpaired) electrons. The van der Waals surface area contributed by atoms with Gasteiger partial charge in [-0.05, 0) is 57.3 Å². The van der Waals surface area contributed by atoms with Crippen LogP contribution in [0.15, 0.2) is 0 Å². The number of hydrogen-bond donors (Lipinski definition) is 1. The summed E-state index contributed by atoms with van der Waals surface area (Å²) < 4.78 is 0. The lowest BCUT2D eigenvalue weighted by atomic mass is 9.91. The van der Waals surface area contributed by atoms with Crippen molar-refractivity contribution in [3.05, 3.63) is 0 Å². The first-order chi connectivity index (χ1) is 7.33. The lowest BCUT2D eigenvalue weighted by molar-refractivity contribution is 0.0677. The topological polar surface area (TPSA) is 23.5 Å². The first kappa shape index (κ1) is 10.1. The molecule has 15 heavy (non-hydrogen) atoms. The lowest BCUT2D eigenvalue weighted by Gasteiger charge is -2.36. The Morgan fingerprint density at radius 3 is 1.80 bits per heavy atom. The molecule has 0 amide bonds. The summed E-state index contributed by atoms with van der Waals surface area (Å²) in [4.78, 5) is 2.80. The van der Waals surface area contributed by atoms with Crippen LogP contribution in [0.1, 0.15) is 51.4 Å². The number of aliphatic hydroxyl groups excluding tert-OH is 1. The molecule has 0 aromatic carbocycles. The molecule has 86 valence electrons. The Morgan fingerprint density at radius 2 is 1.33 bits per heavy atom. The van der Waals surface area contributed by atoms with Crippen molar-refractivity contribution in [2.45, 2.75) is 69.6 Å². The third-order valence-corrected chi connectivity index (χ3v) is 4.32. The fourth-order valence-electron chi connectivity index (χ4n) is 2.99. The van der Waals surface area contributed by atoms with Crippen LogP contribution in [-0.4, -0.2) is 34.7 Å². The van der Waals surface area contributed by atoms with Gasteiger partial charge in [-0.2, -0.15) is 0 Å². The molecule has 0 spiro atoms. The largest absolute Gasteiger partial charge is 0.393 e. The molecule has 0 saturated heterocycles. The summed E-state index contributed by atoms with van der Waals surface area (Å²) in [5.74, 6) is 1.03. The zero-order chi connectivity index (χ0) is 10.3. The van der Waals surface area contributed by atoms with Crippen molar-refractivity contribution in [3.63, 3.8) is 0 Å². The minimum absolute atomic E-state index is 0.00299. The Bertz CT molecular complexity index is 215. The minimum Gasteiger partial charge on any atom is -0.393 e. The van der Waals surface area contributed by atoms with Gasteiger partial charge in [-0.15, -0.1) is 0 Å². The van der Waals surface area contributed by atoms with Gasteiger partial charge in [0.2, 0.25) is 0 Å². The zero-order valence-electron chi connectivity index (χ0n) is 9.57. The van der Waals surface area contributed by atoms with Crippen molar-refractivity contribution in [1.82, 2.24) is 4.90 Å². The molecule has 0 aromatic heterocycles. The Kier molecular flexibility index (Phi) is 2.73. The first-order valence-electron chi connectivity index (χ1n) is 6.77. The van der Waals surface area contributed by atoms with Gasteiger partial charge in [-0.3, -0.25) is 4.90 Å². The zero-order valence-corrected chi connectivity index (χ0v) is 9.57. The summed E-state index contributed by atoms with van der Waals surface area (Å²) in [6.07, 6.45) is 10.4. The van der Waals surface area contributed by atoms with E-state index >= 15 is 0 Å². The van der Waals surface area contributed by atoms with E-state index in [4.69, 9.17) is 0 Å². The van der Waals surface area contributed by atoms with E-state index in [-0.39, 0.29) is 6.10 Å². The highest BCUT2D eigenvalue weighted by atomic mass is 16.3. The monoisotopic (exact) mass is 209 g/mol. The summed E-state index contributed by atoms with van der Waals surface area (Å²) in [6.45, 7) is 1.37. The Hall–Kier alpha value is -0.0800. The number of rotatable bonds is 4. The summed E-state index contributed by atoms with van der Waals surface area (Å²) >= 11 is 0. The van der Waals surface area contributed by atoms with Crippen molar-refractivity contribution >= 4 is 0 Å². The van der Waals surface area contributed by atoms with E-state index in [1.54, 1.807) is 0 Å². The molecular formula is C13H23NO. The average Bonchev–Trinajstić information content (AvgIpc) is 3.10. The summed E-state index contributed by atoms with van der Waals surface area (Å²) in [5.41, 5.74) is 0. The molecule has 2 nitrogen and oxygen atoms in total. The van der Waals surface area contributed by atoms with Crippen LogP contribution in [0.3, 0.4) is 0 Å². The predicted molar refractivity (Wildman–Crippen MR) is 60.7 cm³/mol. The SMILES string of the molecule is OC1CCC(N(CC2CC2)C2CC2)CC1. The maximum absolute atomic E-state index is 9.54. The molecule has 0 aromatic rings. The molecule has 1 N–H and O–H groups in total. The van der Waals surface area contributed by atoms with Gasteiger partial charge in [0.1, 0.15) is 0 Å². The molecule has 3 saturated carbocycles. The molecule has 0 bridgehead atoms. The maximum Gasteiger partial charge on any atom is 0.0541 e. The summed E-state index contributed by atoms with van der Waals surface area (Å²) in [6, 6.07) is 1.73. The number of nitrogens with zero attached hydrogens (tertiary/aromatic N) is 1. The van der Waals surface area contributed by atoms with E-state index < -0.39 is 0 Å². The van der Waals surface area contributed by atoms with Gasteiger partial charge in [0.15, 0.2) is 0 Å². The quantitative estimate of drug-likeness (QED) is 0.767. The average molecular weight is 209 g/mol. The van der Waals surface area contributed by atoms with E-state index in [0.29, 0.717) is 0 Å². The van der Waals surface area contributed by atoms with E-state index in [0.717, 1.165) is 30.8 Å². The molecule has 0 atom stereocenters. The molecule has 2 heteroatoms. The van der Waals surface area contributed by atoms with E-state index in [1.165, 1.54) is 45.1 Å². The summed E-state index contributed by atoms with van der Waals surface area (Å²) in [7, 11) is 0. The van der Waals surface area contributed by atoms with Crippen LogP contribution >= 0.6 is 0 Å². The fraction of sp³-hybridized carbons (Fsp3) is 1.00. The first-order valence-corrected chi connectivity index (χ1v) is 6.77. The van der Waals surface area contributed by atoms with Gasteiger partial charge < -0.3 is 5.11 Å². The maximum atomic E-state index is 9.54. The smallest absolute Gasteiger partial charge is 0.0541 e. The Labute approximate surface area is 92.7 Å². The standard InChI is InChI=1S/C13H23NO/c15-13-7-5-12(6-8-13)14(11-3-4-11)9-10-1-2-10/h10-13,15H,1-9H2. The second-order valence-corrected chi connectivity index (χ2v) is 5.83. The predicted octanol–water partition coefficient (Wildman–Crippen LogP) is 2.16. The van der Waals surface area contributed by atoms with Crippen LogP contribution in [0.4, 0.5) is 0 Å².